The lowest BCUT2D eigenvalue weighted by Gasteiger charge is -2.34. The first-order chi connectivity index (χ1) is 9.56. The molecule has 0 radical (unpaired) electrons. The van der Waals surface area contributed by atoms with Gasteiger partial charge in [0.05, 0.1) is 6.10 Å². The zero-order valence-corrected chi connectivity index (χ0v) is 12.6. The molecule has 3 heteroatoms. The van der Waals surface area contributed by atoms with Gasteiger partial charge in [0, 0.05) is 6.54 Å². The Hall–Kier alpha value is -0.930. The van der Waals surface area contributed by atoms with Gasteiger partial charge in [0.25, 0.3) is 0 Å². The van der Waals surface area contributed by atoms with Crippen molar-refractivity contribution in [1.29, 1.82) is 0 Å². The first kappa shape index (κ1) is 15.5. The maximum absolute atomic E-state index is 12.8. The Morgan fingerprint density at radius 3 is 2.35 bits per heavy atom. The van der Waals surface area contributed by atoms with Crippen molar-refractivity contribution in [3.8, 4) is 0 Å². The summed E-state index contributed by atoms with van der Waals surface area (Å²) in [5.74, 6) is 1.38. The Balaban J connectivity index is 1.74. The Bertz CT molecular complexity index is 396. The van der Waals surface area contributed by atoms with E-state index in [1.54, 1.807) is 12.1 Å². The molecule has 1 aromatic rings. The van der Waals surface area contributed by atoms with Gasteiger partial charge in [0.1, 0.15) is 5.82 Å². The van der Waals surface area contributed by atoms with E-state index in [-0.39, 0.29) is 5.82 Å². The fourth-order valence-electron chi connectivity index (χ4n) is 3.00. The van der Waals surface area contributed by atoms with Gasteiger partial charge in [-0.25, -0.2) is 4.39 Å². The highest BCUT2D eigenvalue weighted by Crippen LogP contribution is 2.25. The fourth-order valence-corrected chi connectivity index (χ4v) is 3.00. The molecule has 0 bridgehead atoms. The van der Waals surface area contributed by atoms with Crippen LogP contribution >= 0.6 is 0 Å². The van der Waals surface area contributed by atoms with Crippen molar-refractivity contribution >= 4 is 0 Å². The van der Waals surface area contributed by atoms with Crippen LogP contribution in [0.3, 0.4) is 0 Å². The number of likely N-dealkylation sites (tertiary alicyclic amines) is 1. The number of hydrogen-bond acceptors (Lipinski definition) is 2. The predicted molar refractivity (Wildman–Crippen MR) is 80.0 cm³/mol. The standard InChI is InChI=1S/C17H26FNO/c1-13(2)14-7-10-19(11-8-14)12-9-17(20)15-3-5-16(18)6-4-15/h3-6,13-14,17,20H,7-12H2,1-2H3. The van der Waals surface area contributed by atoms with Crippen LogP contribution in [0.25, 0.3) is 0 Å². The van der Waals surface area contributed by atoms with Gasteiger partial charge in [0.15, 0.2) is 0 Å². The summed E-state index contributed by atoms with van der Waals surface area (Å²) >= 11 is 0. The SMILES string of the molecule is CC(C)C1CCN(CCC(O)c2ccc(F)cc2)CC1. The fraction of sp³-hybridized carbons (Fsp3) is 0.647. The predicted octanol–water partition coefficient (Wildman–Crippen LogP) is 3.62. The lowest BCUT2D eigenvalue weighted by atomic mass is 9.86. The molecular formula is C17H26FNO. The van der Waals surface area contributed by atoms with E-state index in [1.165, 1.54) is 25.0 Å². The van der Waals surface area contributed by atoms with E-state index < -0.39 is 6.10 Å². The third kappa shape index (κ3) is 4.29. The van der Waals surface area contributed by atoms with Crippen molar-refractivity contribution < 1.29 is 9.50 Å². The second-order valence-electron chi connectivity index (χ2n) is 6.28. The van der Waals surface area contributed by atoms with E-state index in [0.29, 0.717) is 0 Å². The number of hydrogen-bond donors (Lipinski definition) is 1. The van der Waals surface area contributed by atoms with Gasteiger partial charge in [-0.2, -0.15) is 0 Å². The van der Waals surface area contributed by atoms with Crippen LogP contribution in [-0.2, 0) is 0 Å². The molecule has 1 saturated heterocycles. The van der Waals surface area contributed by atoms with Crippen molar-refractivity contribution in [3.63, 3.8) is 0 Å². The Morgan fingerprint density at radius 1 is 1.20 bits per heavy atom. The molecule has 20 heavy (non-hydrogen) atoms. The van der Waals surface area contributed by atoms with Crippen LogP contribution in [0.1, 0.15) is 44.8 Å². The molecule has 0 aliphatic carbocycles. The minimum Gasteiger partial charge on any atom is -0.388 e. The summed E-state index contributed by atoms with van der Waals surface area (Å²) < 4.78 is 12.8. The molecule has 0 saturated carbocycles. The average molecular weight is 279 g/mol. The summed E-state index contributed by atoms with van der Waals surface area (Å²) in [6.45, 7) is 7.80. The second kappa shape index (κ2) is 7.19. The van der Waals surface area contributed by atoms with Crippen LogP contribution in [0.5, 0.6) is 0 Å². The summed E-state index contributed by atoms with van der Waals surface area (Å²) in [5, 5.41) is 10.1. The van der Waals surface area contributed by atoms with E-state index in [0.717, 1.165) is 43.5 Å². The van der Waals surface area contributed by atoms with Gasteiger partial charge in [0.2, 0.25) is 0 Å². The van der Waals surface area contributed by atoms with E-state index in [1.807, 2.05) is 0 Å². The normalized spacial score (nSPS) is 19.4. The van der Waals surface area contributed by atoms with Crippen molar-refractivity contribution in [2.75, 3.05) is 19.6 Å². The molecule has 1 unspecified atom stereocenters. The first-order valence-corrected chi connectivity index (χ1v) is 7.72. The molecular weight excluding hydrogens is 253 g/mol. The quantitative estimate of drug-likeness (QED) is 0.890. The van der Waals surface area contributed by atoms with Gasteiger partial charge < -0.3 is 10.0 Å². The van der Waals surface area contributed by atoms with Gasteiger partial charge in [-0.1, -0.05) is 26.0 Å². The maximum atomic E-state index is 12.8. The van der Waals surface area contributed by atoms with Crippen LogP contribution in [0.15, 0.2) is 24.3 Å². The average Bonchev–Trinajstić information content (AvgIpc) is 2.46. The second-order valence-corrected chi connectivity index (χ2v) is 6.28. The molecule has 1 aliphatic heterocycles. The van der Waals surface area contributed by atoms with E-state index in [9.17, 15) is 9.50 Å². The number of piperidine rings is 1. The molecule has 1 aliphatic rings. The molecule has 0 amide bonds. The Kier molecular flexibility index (Phi) is 5.55. The smallest absolute Gasteiger partial charge is 0.123 e. The molecule has 0 aromatic heterocycles. The monoisotopic (exact) mass is 279 g/mol. The molecule has 1 N–H and O–H groups in total. The third-order valence-electron chi connectivity index (χ3n) is 4.55. The topological polar surface area (TPSA) is 23.5 Å². The number of aliphatic hydroxyl groups excluding tert-OH is 1. The number of rotatable bonds is 5. The van der Waals surface area contributed by atoms with E-state index in [2.05, 4.69) is 18.7 Å². The van der Waals surface area contributed by atoms with E-state index in [4.69, 9.17) is 0 Å². The summed E-state index contributed by atoms with van der Waals surface area (Å²) in [5.41, 5.74) is 0.809. The largest absolute Gasteiger partial charge is 0.388 e. The highest BCUT2D eigenvalue weighted by atomic mass is 19.1. The minimum absolute atomic E-state index is 0.253. The zero-order chi connectivity index (χ0) is 14.5. The highest BCUT2D eigenvalue weighted by molar-refractivity contribution is 5.18. The molecule has 1 atom stereocenters. The Morgan fingerprint density at radius 2 is 1.80 bits per heavy atom. The first-order valence-electron chi connectivity index (χ1n) is 7.72. The highest BCUT2D eigenvalue weighted by Gasteiger charge is 2.21. The molecule has 2 nitrogen and oxygen atoms in total. The number of aliphatic hydroxyl groups is 1. The number of benzene rings is 1. The molecule has 0 spiro atoms. The molecule has 1 heterocycles. The third-order valence-corrected chi connectivity index (χ3v) is 4.55. The van der Waals surface area contributed by atoms with Crippen molar-refractivity contribution in [1.82, 2.24) is 4.90 Å². The van der Waals surface area contributed by atoms with Gasteiger partial charge in [-0.05, 0) is 61.9 Å². The molecule has 112 valence electrons. The number of halogens is 1. The van der Waals surface area contributed by atoms with E-state index >= 15 is 0 Å². The summed E-state index contributed by atoms with van der Waals surface area (Å²) in [7, 11) is 0. The minimum atomic E-state index is -0.488. The molecule has 1 fully saturated rings. The Labute approximate surface area is 121 Å². The summed E-state index contributed by atoms with van der Waals surface area (Å²) in [4.78, 5) is 2.44. The van der Waals surface area contributed by atoms with Crippen LogP contribution in [0, 0.1) is 17.7 Å². The van der Waals surface area contributed by atoms with Gasteiger partial charge >= 0.3 is 0 Å². The van der Waals surface area contributed by atoms with Crippen molar-refractivity contribution in [2.24, 2.45) is 11.8 Å². The summed E-state index contributed by atoms with van der Waals surface area (Å²) in [6.07, 6.45) is 2.77. The van der Waals surface area contributed by atoms with Crippen LogP contribution in [-0.4, -0.2) is 29.6 Å². The number of nitrogens with zero attached hydrogens (tertiary/aromatic N) is 1. The lowest BCUT2D eigenvalue weighted by Crippen LogP contribution is -2.36. The van der Waals surface area contributed by atoms with Gasteiger partial charge in [-0.15, -0.1) is 0 Å². The molecule has 1 aromatic carbocycles. The van der Waals surface area contributed by atoms with Crippen molar-refractivity contribution in [2.45, 2.75) is 39.2 Å². The molecule has 2 rings (SSSR count). The van der Waals surface area contributed by atoms with Crippen LogP contribution in [0.2, 0.25) is 0 Å². The van der Waals surface area contributed by atoms with Crippen molar-refractivity contribution in [3.05, 3.63) is 35.6 Å². The lowest BCUT2D eigenvalue weighted by molar-refractivity contribution is 0.114. The van der Waals surface area contributed by atoms with Crippen LogP contribution in [0.4, 0.5) is 4.39 Å². The maximum Gasteiger partial charge on any atom is 0.123 e. The van der Waals surface area contributed by atoms with Crippen LogP contribution < -0.4 is 0 Å². The zero-order valence-electron chi connectivity index (χ0n) is 12.6. The summed E-state index contributed by atoms with van der Waals surface area (Å²) in [6, 6.07) is 6.16. The van der Waals surface area contributed by atoms with Gasteiger partial charge in [-0.3, -0.25) is 0 Å².